The Kier molecular flexibility index (Phi) is 4.51. The van der Waals surface area contributed by atoms with E-state index in [0.29, 0.717) is 19.3 Å². The first-order valence-electron chi connectivity index (χ1n) is 6.30. The third-order valence-electron chi connectivity index (χ3n) is 4.03. The lowest BCUT2D eigenvalue weighted by Gasteiger charge is -2.27. The molecule has 1 N–H and O–H groups in total. The van der Waals surface area contributed by atoms with Crippen molar-refractivity contribution in [2.75, 3.05) is 0 Å². The Labute approximate surface area is 97.2 Å². The van der Waals surface area contributed by atoms with Crippen LogP contribution >= 0.6 is 0 Å². The van der Waals surface area contributed by atoms with Gasteiger partial charge in [0.05, 0.1) is 5.41 Å². The molecule has 3 nitrogen and oxygen atoms in total. The van der Waals surface area contributed by atoms with E-state index in [-0.39, 0.29) is 11.7 Å². The van der Waals surface area contributed by atoms with Gasteiger partial charge in [0.1, 0.15) is 5.78 Å². The predicted molar refractivity (Wildman–Crippen MR) is 62.2 cm³/mol. The smallest absolute Gasteiger partial charge is 0.310 e. The predicted octanol–water partition coefficient (Wildman–Crippen LogP) is 3.03. The quantitative estimate of drug-likeness (QED) is 0.708. The summed E-state index contributed by atoms with van der Waals surface area (Å²) in [6.45, 7) is 3.91. The van der Waals surface area contributed by atoms with Gasteiger partial charge >= 0.3 is 5.97 Å². The molecule has 0 spiro atoms. The lowest BCUT2D eigenvalue weighted by atomic mass is 9.74. The highest BCUT2D eigenvalue weighted by Crippen LogP contribution is 2.45. The molecule has 2 unspecified atom stereocenters. The van der Waals surface area contributed by atoms with Crippen LogP contribution in [0.5, 0.6) is 0 Å². The number of carbonyl (C=O) groups is 2. The first kappa shape index (κ1) is 13.2. The van der Waals surface area contributed by atoms with Crippen molar-refractivity contribution in [2.45, 2.75) is 58.8 Å². The van der Waals surface area contributed by atoms with Crippen LogP contribution in [-0.2, 0) is 9.59 Å². The summed E-state index contributed by atoms with van der Waals surface area (Å²) in [5.41, 5.74) is -0.759. The molecule has 2 atom stereocenters. The fourth-order valence-corrected chi connectivity index (χ4v) is 2.70. The molecule has 1 aliphatic rings. The number of Topliss-reactive ketones (excluding diaryl/α,β-unsaturated/α-hetero) is 1. The van der Waals surface area contributed by atoms with Crippen molar-refractivity contribution in [3.05, 3.63) is 0 Å². The van der Waals surface area contributed by atoms with E-state index in [4.69, 9.17) is 0 Å². The van der Waals surface area contributed by atoms with Crippen LogP contribution in [0, 0.1) is 11.3 Å². The van der Waals surface area contributed by atoms with Crippen LogP contribution in [0.15, 0.2) is 0 Å². The van der Waals surface area contributed by atoms with Crippen molar-refractivity contribution < 1.29 is 14.7 Å². The zero-order valence-corrected chi connectivity index (χ0v) is 10.3. The maximum atomic E-state index is 11.5. The number of carbonyl (C=O) groups excluding carboxylic acids is 1. The van der Waals surface area contributed by atoms with E-state index < -0.39 is 11.4 Å². The second-order valence-corrected chi connectivity index (χ2v) is 4.96. The Balaban J connectivity index is 2.60. The normalized spacial score (nSPS) is 29.6. The minimum absolute atomic E-state index is 0.123. The maximum absolute atomic E-state index is 11.5. The fraction of sp³-hybridized carbons (Fsp3) is 0.846. The minimum atomic E-state index is -0.776. The highest BCUT2D eigenvalue weighted by molar-refractivity contribution is 5.91. The highest BCUT2D eigenvalue weighted by atomic mass is 16.4. The summed E-state index contributed by atoms with van der Waals surface area (Å²) in [5.74, 6) is -0.952. The second-order valence-electron chi connectivity index (χ2n) is 4.96. The van der Waals surface area contributed by atoms with Crippen molar-refractivity contribution in [3.8, 4) is 0 Å². The average Bonchev–Trinajstić information content (AvgIpc) is 2.53. The molecule has 0 aliphatic heterocycles. The number of carboxylic acid groups (broad SMARTS) is 1. The Bertz CT molecular complexity index is 272. The van der Waals surface area contributed by atoms with Gasteiger partial charge in [0.15, 0.2) is 0 Å². The third-order valence-corrected chi connectivity index (χ3v) is 4.03. The van der Waals surface area contributed by atoms with Crippen LogP contribution < -0.4 is 0 Å². The van der Waals surface area contributed by atoms with Crippen molar-refractivity contribution in [3.63, 3.8) is 0 Å². The van der Waals surface area contributed by atoms with Crippen LogP contribution in [0.4, 0.5) is 0 Å². The molecule has 0 aromatic heterocycles. The molecule has 0 aromatic rings. The van der Waals surface area contributed by atoms with Crippen molar-refractivity contribution in [2.24, 2.45) is 11.3 Å². The molecule has 92 valence electrons. The summed E-state index contributed by atoms with van der Waals surface area (Å²) >= 11 is 0. The number of rotatable bonds is 6. The van der Waals surface area contributed by atoms with Gasteiger partial charge in [-0.3, -0.25) is 9.59 Å². The van der Waals surface area contributed by atoms with Gasteiger partial charge in [-0.1, -0.05) is 39.5 Å². The fourth-order valence-electron chi connectivity index (χ4n) is 2.70. The van der Waals surface area contributed by atoms with E-state index in [0.717, 1.165) is 25.7 Å². The van der Waals surface area contributed by atoms with E-state index in [1.807, 2.05) is 0 Å². The molecule has 0 amide bonds. The lowest BCUT2D eigenvalue weighted by Crippen LogP contribution is -2.35. The number of hydrogen-bond acceptors (Lipinski definition) is 2. The number of ketones is 1. The molecule has 16 heavy (non-hydrogen) atoms. The topological polar surface area (TPSA) is 54.4 Å². The zero-order chi connectivity index (χ0) is 12.2. The van der Waals surface area contributed by atoms with Crippen LogP contribution in [0.25, 0.3) is 0 Å². The van der Waals surface area contributed by atoms with Crippen LogP contribution in [0.3, 0.4) is 0 Å². The minimum Gasteiger partial charge on any atom is -0.481 e. The van der Waals surface area contributed by atoms with Gasteiger partial charge in [0.25, 0.3) is 0 Å². The van der Waals surface area contributed by atoms with Crippen LogP contribution in [0.2, 0.25) is 0 Å². The summed E-state index contributed by atoms with van der Waals surface area (Å²) in [6.07, 6.45) is 5.95. The molecule has 1 aliphatic carbocycles. The summed E-state index contributed by atoms with van der Waals surface area (Å²) in [6, 6.07) is 0. The van der Waals surface area contributed by atoms with Crippen molar-refractivity contribution >= 4 is 11.8 Å². The van der Waals surface area contributed by atoms with E-state index in [1.54, 1.807) is 6.92 Å². The standard InChI is InChI=1S/C13H22O3/c1-3-4-5-6-8-13(12(15)16)9-7-11(14)10(13)2/h10H,3-9H2,1-2H3,(H,15,16). The summed E-state index contributed by atoms with van der Waals surface area (Å²) in [4.78, 5) is 22.9. The van der Waals surface area contributed by atoms with Crippen LogP contribution in [-0.4, -0.2) is 16.9 Å². The van der Waals surface area contributed by atoms with Gasteiger partial charge in [-0.25, -0.2) is 0 Å². The Hall–Kier alpha value is -0.860. The average molecular weight is 226 g/mol. The molecule has 3 heteroatoms. The van der Waals surface area contributed by atoms with E-state index in [9.17, 15) is 14.7 Å². The first-order chi connectivity index (χ1) is 7.54. The van der Waals surface area contributed by atoms with Gasteiger partial charge < -0.3 is 5.11 Å². The molecule has 0 bridgehead atoms. The van der Waals surface area contributed by atoms with E-state index in [2.05, 4.69) is 6.92 Å². The second kappa shape index (κ2) is 5.46. The highest BCUT2D eigenvalue weighted by Gasteiger charge is 2.50. The Morgan fingerprint density at radius 2 is 2.12 bits per heavy atom. The van der Waals surface area contributed by atoms with Gasteiger partial charge in [0, 0.05) is 12.3 Å². The van der Waals surface area contributed by atoms with Crippen LogP contribution in [0.1, 0.15) is 58.8 Å². The molecular formula is C13H22O3. The zero-order valence-electron chi connectivity index (χ0n) is 10.3. The summed E-state index contributed by atoms with van der Waals surface area (Å²) < 4.78 is 0. The summed E-state index contributed by atoms with van der Waals surface area (Å²) in [5, 5.41) is 9.36. The third kappa shape index (κ3) is 2.45. The Morgan fingerprint density at radius 1 is 1.44 bits per heavy atom. The first-order valence-corrected chi connectivity index (χ1v) is 6.30. The molecule has 0 aromatic carbocycles. The SMILES string of the molecule is CCCCCCC1(C(=O)O)CCC(=O)C1C. The lowest BCUT2D eigenvalue weighted by molar-refractivity contribution is -0.153. The molecule has 1 saturated carbocycles. The molecule has 0 heterocycles. The number of hydrogen-bond donors (Lipinski definition) is 1. The monoisotopic (exact) mass is 226 g/mol. The molecular weight excluding hydrogens is 204 g/mol. The van der Waals surface area contributed by atoms with Gasteiger partial charge in [-0.05, 0) is 12.8 Å². The van der Waals surface area contributed by atoms with Gasteiger partial charge in [-0.2, -0.15) is 0 Å². The Morgan fingerprint density at radius 3 is 2.56 bits per heavy atom. The summed E-state index contributed by atoms with van der Waals surface area (Å²) in [7, 11) is 0. The number of carboxylic acids is 1. The largest absolute Gasteiger partial charge is 0.481 e. The van der Waals surface area contributed by atoms with Crippen molar-refractivity contribution in [1.29, 1.82) is 0 Å². The van der Waals surface area contributed by atoms with Gasteiger partial charge in [0.2, 0.25) is 0 Å². The number of aliphatic carboxylic acids is 1. The molecule has 1 rings (SSSR count). The van der Waals surface area contributed by atoms with Crippen molar-refractivity contribution in [1.82, 2.24) is 0 Å². The van der Waals surface area contributed by atoms with E-state index >= 15 is 0 Å². The molecule has 0 radical (unpaired) electrons. The van der Waals surface area contributed by atoms with Gasteiger partial charge in [-0.15, -0.1) is 0 Å². The molecule has 0 saturated heterocycles. The maximum Gasteiger partial charge on any atom is 0.310 e. The van der Waals surface area contributed by atoms with E-state index in [1.165, 1.54) is 0 Å². The number of unbranched alkanes of at least 4 members (excludes halogenated alkanes) is 3. The molecule has 1 fully saturated rings.